The smallest absolute Gasteiger partial charge is 0 e. The fourth-order valence-electron chi connectivity index (χ4n) is 0.520. The molecule has 53 valence electrons. The van der Waals surface area contributed by atoms with E-state index in [0.717, 1.165) is 0 Å². The zero-order valence-corrected chi connectivity index (χ0v) is 8.38. The van der Waals surface area contributed by atoms with Crippen LogP contribution in [0, 0.1) is 0 Å². The molecule has 0 saturated heterocycles. The van der Waals surface area contributed by atoms with Crippen molar-refractivity contribution in [3.05, 3.63) is 11.0 Å². The molecule has 0 unspecified atom stereocenters. The van der Waals surface area contributed by atoms with E-state index in [1.807, 2.05) is 5.41 Å². The van der Waals surface area contributed by atoms with Gasteiger partial charge in [0.25, 0.3) is 0 Å². The van der Waals surface area contributed by atoms with Crippen molar-refractivity contribution in [2.45, 2.75) is 33.1 Å². The van der Waals surface area contributed by atoms with Gasteiger partial charge in [0, 0.05) is 18.6 Å². The SMILES string of the molecule is CCCC/C(C)=C\S.[V]. The van der Waals surface area contributed by atoms with Crippen molar-refractivity contribution in [3.8, 4) is 0 Å². The van der Waals surface area contributed by atoms with Crippen molar-refractivity contribution < 1.29 is 18.6 Å². The number of hydrogen-bond acceptors (Lipinski definition) is 1. The zero-order valence-electron chi connectivity index (χ0n) is 6.09. The van der Waals surface area contributed by atoms with Crippen LogP contribution in [0.4, 0.5) is 0 Å². The van der Waals surface area contributed by atoms with Crippen LogP contribution < -0.4 is 0 Å². The van der Waals surface area contributed by atoms with Crippen LogP contribution in [0.1, 0.15) is 33.1 Å². The minimum absolute atomic E-state index is 0. The van der Waals surface area contributed by atoms with Gasteiger partial charge in [-0.25, -0.2) is 0 Å². The molecule has 0 amide bonds. The Kier molecular flexibility index (Phi) is 11.9. The maximum Gasteiger partial charge on any atom is 0 e. The molecule has 2 heteroatoms. The van der Waals surface area contributed by atoms with Crippen LogP contribution >= 0.6 is 12.6 Å². The summed E-state index contributed by atoms with van der Waals surface area (Å²) in [5.41, 5.74) is 1.38. The third-order valence-electron chi connectivity index (χ3n) is 1.15. The van der Waals surface area contributed by atoms with Crippen molar-refractivity contribution in [3.63, 3.8) is 0 Å². The fraction of sp³-hybridized carbons (Fsp3) is 0.714. The van der Waals surface area contributed by atoms with Gasteiger partial charge in [-0.15, -0.1) is 0 Å². The first-order valence-electron chi connectivity index (χ1n) is 3.11. The van der Waals surface area contributed by atoms with E-state index in [1.54, 1.807) is 0 Å². The Morgan fingerprint density at radius 1 is 1.56 bits per heavy atom. The van der Waals surface area contributed by atoms with Crippen molar-refractivity contribution in [2.75, 3.05) is 0 Å². The number of rotatable bonds is 3. The number of unbranched alkanes of at least 4 members (excludes halogenated alkanes) is 1. The molecule has 0 N–H and O–H groups in total. The molecular formula is C7H14SV. The van der Waals surface area contributed by atoms with E-state index in [0.29, 0.717) is 0 Å². The first-order chi connectivity index (χ1) is 3.81. The van der Waals surface area contributed by atoms with Crippen molar-refractivity contribution >= 4 is 12.6 Å². The van der Waals surface area contributed by atoms with E-state index < -0.39 is 0 Å². The van der Waals surface area contributed by atoms with Gasteiger partial charge < -0.3 is 0 Å². The Bertz CT molecular complexity index is 79.0. The molecule has 0 rings (SSSR count). The third kappa shape index (κ3) is 8.67. The minimum Gasteiger partial charge on any atom is -0.151 e. The molecule has 0 spiro atoms. The van der Waals surface area contributed by atoms with E-state index in [-0.39, 0.29) is 18.6 Å². The van der Waals surface area contributed by atoms with Gasteiger partial charge in [0.05, 0.1) is 0 Å². The molecule has 0 heterocycles. The van der Waals surface area contributed by atoms with Gasteiger partial charge in [-0.05, 0) is 25.2 Å². The summed E-state index contributed by atoms with van der Waals surface area (Å²) in [6.45, 7) is 4.31. The minimum atomic E-state index is 0. The molecule has 1 radical (unpaired) electrons. The molecule has 0 aromatic heterocycles. The largest absolute Gasteiger partial charge is 0.151 e. The molecular weight excluding hydrogens is 167 g/mol. The normalized spacial score (nSPS) is 10.8. The van der Waals surface area contributed by atoms with Crippen LogP contribution in [0.25, 0.3) is 0 Å². The second kappa shape index (κ2) is 8.67. The van der Waals surface area contributed by atoms with E-state index in [2.05, 4.69) is 26.5 Å². The predicted octanol–water partition coefficient (Wildman–Crippen LogP) is 3.01. The quantitative estimate of drug-likeness (QED) is 0.636. The number of allylic oxidation sites excluding steroid dienone is 1. The van der Waals surface area contributed by atoms with Crippen LogP contribution in [-0.4, -0.2) is 0 Å². The van der Waals surface area contributed by atoms with Crippen molar-refractivity contribution in [2.24, 2.45) is 0 Å². The van der Waals surface area contributed by atoms with Crippen molar-refractivity contribution in [1.29, 1.82) is 0 Å². The Morgan fingerprint density at radius 2 is 2.11 bits per heavy atom. The Balaban J connectivity index is 0. The number of thiol groups is 1. The second-order valence-corrected chi connectivity index (χ2v) is 2.34. The standard InChI is InChI=1S/C7H14S.V/c1-3-4-5-7(2)6-8;/h6,8H,3-5H2,1-2H3;/b7-6-;. The molecule has 0 bridgehead atoms. The van der Waals surface area contributed by atoms with E-state index in [9.17, 15) is 0 Å². The molecule has 0 saturated carbocycles. The predicted molar refractivity (Wildman–Crippen MR) is 42.3 cm³/mol. The monoisotopic (exact) mass is 181 g/mol. The Hall–Kier alpha value is 0.674. The molecule has 0 atom stereocenters. The van der Waals surface area contributed by atoms with E-state index in [1.165, 1.54) is 24.8 Å². The van der Waals surface area contributed by atoms with Crippen LogP contribution in [0.3, 0.4) is 0 Å². The summed E-state index contributed by atoms with van der Waals surface area (Å²) < 4.78 is 0. The molecule has 0 fully saturated rings. The maximum absolute atomic E-state index is 4.03. The van der Waals surface area contributed by atoms with Crippen LogP contribution in [0.5, 0.6) is 0 Å². The van der Waals surface area contributed by atoms with Gasteiger partial charge in [-0.2, -0.15) is 12.6 Å². The summed E-state index contributed by atoms with van der Waals surface area (Å²) in [6, 6.07) is 0. The van der Waals surface area contributed by atoms with Gasteiger partial charge in [0.15, 0.2) is 0 Å². The van der Waals surface area contributed by atoms with Crippen LogP contribution in [0.2, 0.25) is 0 Å². The average molecular weight is 181 g/mol. The molecule has 0 aromatic rings. The summed E-state index contributed by atoms with van der Waals surface area (Å²) in [5.74, 6) is 0. The molecule has 0 aliphatic rings. The van der Waals surface area contributed by atoms with Gasteiger partial charge in [0.1, 0.15) is 0 Å². The fourth-order valence-corrected chi connectivity index (χ4v) is 0.649. The van der Waals surface area contributed by atoms with E-state index >= 15 is 0 Å². The maximum atomic E-state index is 4.03. The summed E-state index contributed by atoms with van der Waals surface area (Å²) in [6.07, 6.45) is 3.78. The summed E-state index contributed by atoms with van der Waals surface area (Å²) in [4.78, 5) is 0. The topological polar surface area (TPSA) is 0 Å². The van der Waals surface area contributed by atoms with Crippen molar-refractivity contribution in [1.82, 2.24) is 0 Å². The summed E-state index contributed by atoms with van der Waals surface area (Å²) >= 11 is 4.03. The molecule has 0 aliphatic carbocycles. The number of hydrogen-bond donors (Lipinski definition) is 1. The van der Waals surface area contributed by atoms with Crippen LogP contribution in [-0.2, 0) is 18.6 Å². The van der Waals surface area contributed by atoms with Gasteiger partial charge >= 0.3 is 0 Å². The summed E-state index contributed by atoms with van der Waals surface area (Å²) in [5, 5.41) is 1.88. The van der Waals surface area contributed by atoms with E-state index in [4.69, 9.17) is 0 Å². The van der Waals surface area contributed by atoms with Gasteiger partial charge in [0.2, 0.25) is 0 Å². The zero-order chi connectivity index (χ0) is 6.41. The third-order valence-corrected chi connectivity index (χ3v) is 1.59. The summed E-state index contributed by atoms with van der Waals surface area (Å²) in [7, 11) is 0. The molecule has 0 aromatic carbocycles. The van der Waals surface area contributed by atoms with Gasteiger partial charge in [-0.3, -0.25) is 0 Å². The Labute approximate surface area is 75.4 Å². The first-order valence-corrected chi connectivity index (χ1v) is 3.62. The second-order valence-electron chi connectivity index (χ2n) is 2.08. The van der Waals surface area contributed by atoms with Crippen LogP contribution in [0.15, 0.2) is 11.0 Å². The molecule has 0 aliphatic heterocycles. The Morgan fingerprint density at radius 3 is 2.44 bits per heavy atom. The molecule has 0 nitrogen and oxygen atoms in total. The average Bonchev–Trinajstić information content (AvgIpc) is 1.83. The first kappa shape index (κ1) is 12.4. The van der Waals surface area contributed by atoms with Gasteiger partial charge in [-0.1, -0.05) is 18.9 Å². The molecule has 9 heavy (non-hydrogen) atoms.